The summed E-state index contributed by atoms with van der Waals surface area (Å²) in [5.74, 6) is -2.77. The number of rotatable bonds is 3. The van der Waals surface area contributed by atoms with Crippen LogP contribution >= 0.6 is 0 Å². The second-order valence-electron chi connectivity index (χ2n) is 4.35. The molecule has 0 spiro atoms. The van der Waals surface area contributed by atoms with Gasteiger partial charge in [0.15, 0.2) is 5.82 Å². The van der Waals surface area contributed by atoms with E-state index >= 15 is 0 Å². The Bertz CT molecular complexity index is 687. The van der Waals surface area contributed by atoms with E-state index < -0.39 is 17.6 Å². The third kappa shape index (κ3) is 2.59. The van der Waals surface area contributed by atoms with Gasteiger partial charge >= 0.3 is 5.97 Å². The first-order chi connectivity index (χ1) is 9.40. The summed E-state index contributed by atoms with van der Waals surface area (Å²) in [5, 5.41) is 11.6. The molecule has 0 radical (unpaired) electrons. The molecule has 0 saturated carbocycles. The topological polar surface area (TPSA) is 62.2 Å². The molecule has 20 heavy (non-hydrogen) atoms. The van der Waals surface area contributed by atoms with E-state index in [1.807, 2.05) is 0 Å². The van der Waals surface area contributed by atoms with Crippen molar-refractivity contribution in [3.05, 3.63) is 52.9 Å². The largest absolute Gasteiger partial charge is 0.478 e. The van der Waals surface area contributed by atoms with E-state index in [0.717, 1.165) is 12.3 Å². The quantitative estimate of drug-likeness (QED) is 0.903. The van der Waals surface area contributed by atoms with Crippen LogP contribution in [0, 0.1) is 25.5 Å². The molecule has 0 amide bonds. The van der Waals surface area contributed by atoms with Gasteiger partial charge in [-0.05, 0) is 31.5 Å². The van der Waals surface area contributed by atoms with Gasteiger partial charge in [0, 0.05) is 11.9 Å². The first-order valence-corrected chi connectivity index (χ1v) is 5.81. The molecule has 1 aromatic heterocycles. The molecule has 6 heteroatoms. The number of aromatic nitrogens is 1. The van der Waals surface area contributed by atoms with Crippen LogP contribution in [-0.4, -0.2) is 16.1 Å². The first-order valence-electron chi connectivity index (χ1n) is 5.81. The lowest BCUT2D eigenvalue weighted by molar-refractivity contribution is 0.0697. The molecule has 0 unspecified atom stereocenters. The molecule has 4 nitrogen and oxygen atoms in total. The Kier molecular flexibility index (Phi) is 3.65. The predicted octanol–water partition coefficient (Wildman–Crippen LogP) is 3.42. The summed E-state index contributed by atoms with van der Waals surface area (Å²) in [7, 11) is 0. The highest BCUT2D eigenvalue weighted by molar-refractivity contribution is 5.94. The maximum Gasteiger partial charge on any atom is 0.339 e. The number of carbonyl (C=O) groups is 1. The van der Waals surface area contributed by atoms with Gasteiger partial charge in [-0.3, -0.25) is 4.98 Å². The van der Waals surface area contributed by atoms with E-state index in [4.69, 9.17) is 5.11 Å². The van der Waals surface area contributed by atoms with Gasteiger partial charge in [-0.15, -0.1) is 0 Å². The fourth-order valence-electron chi connectivity index (χ4n) is 1.74. The molecule has 0 aliphatic heterocycles. The number of aromatic carboxylic acids is 1. The van der Waals surface area contributed by atoms with Crippen LogP contribution < -0.4 is 5.32 Å². The van der Waals surface area contributed by atoms with Gasteiger partial charge in [-0.2, -0.15) is 0 Å². The van der Waals surface area contributed by atoms with Crippen molar-refractivity contribution in [2.75, 3.05) is 5.32 Å². The SMILES string of the molecule is Cc1cc(Nc2c(F)ccc(C)c2F)c(C(=O)O)cn1. The van der Waals surface area contributed by atoms with E-state index in [9.17, 15) is 13.6 Å². The van der Waals surface area contributed by atoms with Crippen molar-refractivity contribution in [3.63, 3.8) is 0 Å². The zero-order valence-corrected chi connectivity index (χ0v) is 10.9. The summed E-state index contributed by atoms with van der Waals surface area (Å²) in [6, 6.07) is 3.85. The Morgan fingerprint density at radius 3 is 2.65 bits per heavy atom. The number of pyridine rings is 1. The maximum absolute atomic E-state index is 13.9. The number of halogens is 2. The van der Waals surface area contributed by atoms with Gasteiger partial charge in [-0.1, -0.05) is 6.07 Å². The number of benzene rings is 1. The molecule has 1 heterocycles. The van der Waals surface area contributed by atoms with Crippen LogP contribution in [-0.2, 0) is 0 Å². The van der Waals surface area contributed by atoms with Gasteiger partial charge in [0.1, 0.15) is 17.1 Å². The molecule has 2 rings (SSSR count). The standard InChI is InChI=1S/C14H12F2N2O2/c1-7-3-4-10(15)13(12(7)16)18-11-5-8(2)17-6-9(11)14(19)20/h3-6H,1-2H3,(H,17,18)(H,19,20). The average Bonchev–Trinajstić information content (AvgIpc) is 2.39. The fraction of sp³-hybridized carbons (Fsp3) is 0.143. The van der Waals surface area contributed by atoms with Crippen LogP contribution in [0.15, 0.2) is 24.4 Å². The summed E-state index contributed by atoms with van der Waals surface area (Å²) < 4.78 is 27.6. The summed E-state index contributed by atoms with van der Waals surface area (Å²) in [4.78, 5) is 14.9. The molecule has 0 aliphatic carbocycles. The molecule has 0 bridgehead atoms. The van der Waals surface area contributed by atoms with Gasteiger partial charge in [0.05, 0.1) is 5.69 Å². The number of carboxylic acid groups (broad SMARTS) is 1. The van der Waals surface area contributed by atoms with E-state index in [1.165, 1.54) is 19.1 Å². The van der Waals surface area contributed by atoms with E-state index in [0.29, 0.717) is 5.69 Å². The third-order valence-corrected chi connectivity index (χ3v) is 2.81. The highest BCUT2D eigenvalue weighted by Crippen LogP contribution is 2.27. The summed E-state index contributed by atoms with van der Waals surface area (Å²) in [6.07, 6.45) is 1.14. The first kappa shape index (κ1) is 13.9. The Labute approximate surface area is 114 Å². The lowest BCUT2D eigenvalue weighted by Crippen LogP contribution is -2.07. The number of anilines is 2. The van der Waals surface area contributed by atoms with Crippen LogP contribution in [0.1, 0.15) is 21.6 Å². The average molecular weight is 278 g/mol. The van der Waals surface area contributed by atoms with Crippen LogP contribution in [0.25, 0.3) is 0 Å². The van der Waals surface area contributed by atoms with E-state index in [1.54, 1.807) is 6.92 Å². The smallest absolute Gasteiger partial charge is 0.339 e. The maximum atomic E-state index is 13.9. The lowest BCUT2D eigenvalue weighted by Gasteiger charge is -2.12. The number of hydrogen-bond acceptors (Lipinski definition) is 3. The summed E-state index contributed by atoms with van der Waals surface area (Å²) in [5.41, 5.74) is 0.352. The number of aryl methyl sites for hydroxylation is 2. The molecule has 104 valence electrons. The normalized spacial score (nSPS) is 10.4. The summed E-state index contributed by atoms with van der Waals surface area (Å²) in [6.45, 7) is 3.15. The fourth-order valence-corrected chi connectivity index (χ4v) is 1.74. The number of nitrogens with one attached hydrogen (secondary N) is 1. The molecular formula is C14H12F2N2O2. The molecule has 1 aromatic carbocycles. The van der Waals surface area contributed by atoms with Crippen LogP contribution in [0.5, 0.6) is 0 Å². The van der Waals surface area contributed by atoms with Gasteiger partial charge < -0.3 is 10.4 Å². The molecule has 2 aromatic rings. The van der Waals surface area contributed by atoms with Crippen molar-refractivity contribution in [2.24, 2.45) is 0 Å². The molecule has 0 atom stereocenters. The zero-order valence-electron chi connectivity index (χ0n) is 10.9. The van der Waals surface area contributed by atoms with Crippen LogP contribution in [0.2, 0.25) is 0 Å². The minimum atomic E-state index is -1.23. The second kappa shape index (κ2) is 5.24. The van der Waals surface area contributed by atoms with Gasteiger partial charge in [0.25, 0.3) is 0 Å². The van der Waals surface area contributed by atoms with E-state index in [-0.39, 0.29) is 22.5 Å². The lowest BCUT2D eigenvalue weighted by atomic mass is 10.1. The molecular weight excluding hydrogens is 266 g/mol. The van der Waals surface area contributed by atoms with Crippen molar-refractivity contribution < 1.29 is 18.7 Å². The molecule has 0 fully saturated rings. The number of hydrogen-bond donors (Lipinski definition) is 2. The Morgan fingerprint density at radius 1 is 1.30 bits per heavy atom. The molecule has 0 saturated heterocycles. The monoisotopic (exact) mass is 278 g/mol. The van der Waals surface area contributed by atoms with Crippen molar-refractivity contribution >= 4 is 17.3 Å². The van der Waals surface area contributed by atoms with Gasteiger partial charge in [-0.25, -0.2) is 13.6 Å². The van der Waals surface area contributed by atoms with Crippen LogP contribution in [0.4, 0.5) is 20.2 Å². The third-order valence-electron chi connectivity index (χ3n) is 2.81. The molecule has 0 aliphatic rings. The number of nitrogens with zero attached hydrogens (tertiary/aromatic N) is 1. The summed E-state index contributed by atoms with van der Waals surface area (Å²) >= 11 is 0. The van der Waals surface area contributed by atoms with Crippen molar-refractivity contribution in [1.29, 1.82) is 0 Å². The van der Waals surface area contributed by atoms with E-state index in [2.05, 4.69) is 10.3 Å². The van der Waals surface area contributed by atoms with Crippen molar-refractivity contribution in [1.82, 2.24) is 4.98 Å². The van der Waals surface area contributed by atoms with Crippen LogP contribution in [0.3, 0.4) is 0 Å². The second-order valence-corrected chi connectivity index (χ2v) is 4.35. The predicted molar refractivity (Wildman–Crippen MR) is 70.3 cm³/mol. The minimum Gasteiger partial charge on any atom is -0.478 e. The zero-order chi connectivity index (χ0) is 14.9. The molecule has 2 N–H and O–H groups in total. The Morgan fingerprint density at radius 2 is 2.00 bits per heavy atom. The Balaban J connectivity index is 2.53. The highest BCUT2D eigenvalue weighted by Gasteiger charge is 2.16. The highest BCUT2D eigenvalue weighted by atomic mass is 19.1. The van der Waals surface area contributed by atoms with Crippen molar-refractivity contribution in [2.45, 2.75) is 13.8 Å². The van der Waals surface area contributed by atoms with Gasteiger partial charge in [0.2, 0.25) is 0 Å². The van der Waals surface area contributed by atoms with Crippen molar-refractivity contribution in [3.8, 4) is 0 Å². The minimum absolute atomic E-state index is 0.0911. The Hall–Kier alpha value is -2.50. The number of carboxylic acids is 1.